The molecule has 1 aromatic carbocycles. The maximum absolute atomic E-state index is 5.80. The van der Waals surface area contributed by atoms with Gasteiger partial charge in [0.25, 0.3) is 5.95 Å². The van der Waals surface area contributed by atoms with Gasteiger partial charge >= 0.3 is 0 Å². The monoisotopic (exact) mass is 266 g/mol. The molecule has 0 amide bonds. The van der Waals surface area contributed by atoms with Crippen LogP contribution in [0.1, 0.15) is 5.56 Å². The Hall–Kier alpha value is -1.33. The fourth-order valence-electron chi connectivity index (χ4n) is 1.27. The normalized spacial score (nSPS) is 11.2. The maximum atomic E-state index is 5.80. The SMILES string of the molecule is CSc1nc(/N=C\c2ccc(Cl)cc2)nn1C. The summed E-state index contributed by atoms with van der Waals surface area (Å²) in [6.07, 6.45) is 3.67. The van der Waals surface area contributed by atoms with E-state index < -0.39 is 0 Å². The fraction of sp³-hybridized carbons (Fsp3) is 0.182. The average molecular weight is 267 g/mol. The highest BCUT2D eigenvalue weighted by atomic mass is 35.5. The van der Waals surface area contributed by atoms with E-state index >= 15 is 0 Å². The molecule has 2 aromatic rings. The molecule has 0 fully saturated rings. The van der Waals surface area contributed by atoms with Crippen molar-refractivity contribution in [2.24, 2.45) is 12.0 Å². The number of aromatic nitrogens is 3. The zero-order chi connectivity index (χ0) is 12.3. The zero-order valence-electron chi connectivity index (χ0n) is 9.46. The largest absolute Gasteiger partial charge is 0.269 e. The summed E-state index contributed by atoms with van der Waals surface area (Å²) < 4.78 is 1.71. The summed E-state index contributed by atoms with van der Waals surface area (Å²) in [5.41, 5.74) is 0.965. The molecule has 17 heavy (non-hydrogen) atoms. The third-order valence-electron chi connectivity index (χ3n) is 2.09. The highest BCUT2D eigenvalue weighted by molar-refractivity contribution is 7.98. The Labute approximate surface area is 109 Å². The zero-order valence-corrected chi connectivity index (χ0v) is 11.0. The molecule has 0 radical (unpaired) electrons. The second kappa shape index (κ2) is 5.33. The molecule has 4 nitrogen and oxygen atoms in total. The van der Waals surface area contributed by atoms with Crippen LogP contribution in [0.3, 0.4) is 0 Å². The first-order valence-electron chi connectivity index (χ1n) is 4.93. The Morgan fingerprint density at radius 1 is 1.35 bits per heavy atom. The molecule has 0 unspecified atom stereocenters. The van der Waals surface area contributed by atoms with Gasteiger partial charge in [0.05, 0.1) is 0 Å². The molecule has 1 aromatic heterocycles. The van der Waals surface area contributed by atoms with Crippen LogP contribution < -0.4 is 0 Å². The van der Waals surface area contributed by atoms with Gasteiger partial charge in [0, 0.05) is 18.3 Å². The van der Waals surface area contributed by atoms with E-state index in [-0.39, 0.29) is 0 Å². The highest BCUT2D eigenvalue weighted by Crippen LogP contribution is 2.15. The van der Waals surface area contributed by atoms with Crippen molar-refractivity contribution in [3.05, 3.63) is 34.9 Å². The number of rotatable bonds is 3. The van der Waals surface area contributed by atoms with E-state index in [1.165, 1.54) is 11.8 Å². The molecule has 0 spiro atoms. The van der Waals surface area contributed by atoms with Gasteiger partial charge in [0.15, 0.2) is 5.16 Å². The van der Waals surface area contributed by atoms with E-state index in [0.717, 1.165) is 10.7 Å². The summed E-state index contributed by atoms with van der Waals surface area (Å²) in [5.74, 6) is 0.465. The summed E-state index contributed by atoms with van der Waals surface area (Å²) in [5, 5.41) is 5.73. The van der Waals surface area contributed by atoms with Crippen LogP contribution in [0, 0.1) is 0 Å². The van der Waals surface area contributed by atoms with Crippen LogP contribution in [-0.4, -0.2) is 27.2 Å². The minimum Gasteiger partial charge on any atom is -0.242 e. The van der Waals surface area contributed by atoms with E-state index in [0.29, 0.717) is 11.0 Å². The molecule has 6 heteroatoms. The Kier molecular flexibility index (Phi) is 3.81. The predicted octanol–water partition coefficient (Wildman–Crippen LogP) is 2.94. The van der Waals surface area contributed by atoms with Gasteiger partial charge in [-0.2, -0.15) is 4.98 Å². The lowest BCUT2D eigenvalue weighted by Crippen LogP contribution is -1.91. The average Bonchev–Trinajstić information content (AvgIpc) is 2.69. The minimum atomic E-state index is 0.465. The van der Waals surface area contributed by atoms with Crippen molar-refractivity contribution in [1.82, 2.24) is 14.8 Å². The van der Waals surface area contributed by atoms with Crippen molar-refractivity contribution in [1.29, 1.82) is 0 Å². The molecular formula is C11H11ClN4S. The molecule has 0 aliphatic heterocycles. The first-order chi connectivity index (χ1) is 8.19. The first kappa shape index (κ1) is 12.1. The van der Waals surface area contributed by atoms with Crippen LogP contribution in [0.2, 0.25) is 5.02 Å². The molecule has 2 rings (SSSR count). The van der Waals surface area contributed by atoms with Crippen molar-refractivity contribution in [2.45, 2.75) is 5.16 Å². The first-order valence-corrected chi connectivity index (χ1v) is 6.54. The van der Waals surface area contributed by atoms with Crippen molar-refractivity contribution in [3.63, 3.8) is 0 Å². The number of halogens is 1. The smallest absolute Gasteiger partial charge is 0.242 e. The van der Waals surface area contributed by atoms with Gasteiger partial charge in [0.2, 0.25) is 0 Å². The molecule has 88 valence electrons. The Morgan fingerprint density at radius 2 is 2.06 bits per heavy atom. The summed E-state index contributed by atoms with van der Waals surface area (Å²) in [4.78, 5) is 8.46. The van der Waals surface area contributed by atoms with Crippen LogP contribution in [0.15, 0.2) is 34.4 Å². The topological polar surface area (TPSA) is 43.1 Å². The van der Waals surface area contributed by atoms with Gasteiger partial charge in [-0.05, 0) is 24.0 Å². The van der Waals surface area contributed by atoms with Crippen molar-refractivity contribution < 1.29 is 0 Å². The van der Waals surface area contributed by atoms with Gasteiger partial charge in [-0.3, -0.25) is 0 Å². The number of aryl methyl sites for hydroxylation is 1. The van der Waals surface area contributed by atoms with Crippen molar-refractivity contribution >= 4 is 35.5 Å². The highest BCUT2D eigenvalue weighted by Gasteiger charge is 2.03. The summed E-state index contributed by atoms with van der Waals surface area (Å²) in [7, 11) is 1.85. The lowest BCUT2D eigenvalue weighted by atomic mass is 10.2. The minimum absolute atomic E-state index is 0.465. The third-order valence-corrected chi connectivity index (χ3v) is 3.07. The van der Waals surface area contributed by atoms with Gasteiger partial charge in [-0.1, -0.05) is 35.5 Å². The second-order valence-electron chi connectivity index (χ2n) is 3.33. The summed E-state index contributed by atoms with van der Waals surface area (Å²) >= 11 is 7.33. The number of hydrogen-bond acceptors (Lipinski definition) is 4. The molecule has 0 N–H and O–H groups in total. The van der Waals surface area contributed by atoms with Crippen molar-refractivity contribution in [3.8, 4) is 0 Å². The molecule has 0 aliphatic rings. The van der Waals surface area contributed by atoms with Gasteiger partial charge in [-0.15, -0.1) is 5.10 Å². The number of nitrogens with zero attached hydrogens (tertiary/aromatic N) is 4. The van der Waals surface area contributed by atoms with E-state index in [9.17, 15) is 0 Å². The number of benzene rings is 1. The molecule has 1 heterocycles. The molecule has 0 bridgehead atoms. The van der Waals surface area contributed by atoms with Crippen LogP contribution in [0.25, 0.3) is 0 Å². The predicted molar refractivity (Wildman–Crippen MR) is 71.5 cm³/mol. The molecule has 0 atom stereocenters. The van der Waals surface area contributed by atoms with Crippen LogP contribution >= 0.6 is 23.4 Å². The lowest BCUT2D eigenvalue weighted by molar-refractivity contribution is 0.686. The maximum Gasteiger partial charge on any atom is 0.269 e. The lowest BCUT2D eigenvalue weighted by Gasteiger charge is -1.91. The van der Waals surface area contributed by atoms with E-state index in [2.05, 4.69) is 15.1 Å². The summed E-state index contributed by atoms with van der Waals surface area (Å²) in [6.45, 7) is 0. The number of hydrogen-bond donors (Lipinski definition) is 0. The number of aliphatic imine (C=N–C) groups is 1. The van der Waals surface area contributed by atoms with Crippen molar-refractivity contribution in [2.75, 3.05) is 6.26 Å². The van der Waals surface area contributed by atoms with Gasteiger partial charge in [0.1, 0.15) is 0 Å². The van der Waals surface area contributed by atoms with Crippen LogP contribution in [0.4, 0.5) is 5.95 Å². The quantitative estimate of drug-likeness (QED) is 0.634. The van der Waals surface area contributed by atoms with Gasteiger partial charge < -0.3 is 0 Å². The number of thioether (sulfide) groups is 1. The summed E-state index contributed by atoms with van der Waals surface area (Å²) in [6, 6.07) is 7.43. The second-order valence-corrected chi connectivity index (χ2v) is 4.54. The van der Waals surface area contributed by atoms with Crippen LogP contribution in [-0.2, 0) is 7.05 Å². The Morgan fingerprint density at radius 3 is 2.65 bits per heavy atom. The Bertz CT molecular complexity index is 533. The van der Waals surface area contributed by atoms with Gasteiger partial charge in [-0.25, -0.2) is 9.67 Å². The molecule has 0 aliphatic carbocycles. The van der Waals surface area contributed by atoms with E-state index in [4.69, 9.17) is 11.6 Å². The third kappa shape index (κ3) is 3.08. The molecular weight excluding hydrogens is 256 g/mol. The van der Waals surface area contributed by atoms with E-state index in [1.807, 2.05) is 37.6 Å². The van der Waals surface area contributed by atoms with E-state index in [1.54, 1.807) is 10.9 Å². The molecule has 0 saturated carbocycles. The standard InChI is InChI=1S/C11H11ClN4S/c1-16-11(17-2)14-10(15-16)13-7-8-3-5-9(12)6-4-8/h3-7H,1-2H3/b13-7-. The fourth-order valence-corrected chi connectivity index (χ4v) is 1.87. The van der Waals surface area contributed by atoms with Crippen LogP contribution in [0.5, 0.6) is 0 Å². The Balaban J connectivity index is 2.17. The molecule has 0 saturated heterocycles.